The Morgan fingerprint density at radius 2 is 2.12 bits per heavy atom. The lowest BCUT2D eigenvalue weighted by atomic mass is 10.1. The number of nitrogens with two attached hydrogens (primary N) is 2. The summed E-state index contributed by atoms with van der Waals surface area (Å²) >= 11 is 0. The Morgan fingerprint density at radius 1 is 1.47 bits per heavy atom. The van der Waals surface area contributed by atoms with Gasteiger partial charge in [0.1, 0.15) is 0 Å². The second kappa shape index (κ2) is 5.68. The average Bonchev–Trinajstić information content (AvgIpc) is 2.30. The fraction of sp³-hybridized carbons (Fsp3) is 0.462. The van der Waals surface area contributed by atoms with E-state index in [9.17, 15) is 4.79 Å². The molecular weight excluding hydrogens is 214 g/mol. The summed E-state index contributed by atoms with van der Waals surface area (Å²) in [7, 11) is 2.07. The fourth-order valence-corrected chi connectivity index (χ4v) is 1.63. The molecule has 1 rings (SSSR count). The second-order valence-corrected chi connectivity index (χ2v) is 4.45. The maximum atomic E-state index is 11.0. The average molecular weight is 235 g/mol. The van der Waals surface area contributed by atoms with Crippen LogP contribution in [0.15, 0.2) is 18.2 Å². The summed E-state index contributed by atoms with van der Waals surface area (Å²) in [6.45, 7) is 5.11. The van der Waals surface area contributed by atoms with Crippen molar-refractivity contribution in [2.24, 2.45) is 5.73 Å². The lowest BCUT2D eigenvalue weighted by Gasteiger charge is -2.24. The van der Waals surface area contributed by atoms with Crippen molar-refractivity contribution in [3.8, 4) is 0 Å². The smallest absolute Gasteiger partial charge is 0.248 e. The molecule has 1 amide bonds. The third-order valence-electron chi connectivity index (χ3n) is 3.19. The molecule has 0 saturated heterocycles. The number of carbonyl (C=O) groups is 1. The molecule has 0 aliphatic rings. The molecule has 94 valence electrons. The number of carbonyl (C=O) groups excluding carboxylic acids is 1. The first-order valence-corrected chi connectivity index (χ1v) is 5.84. The van der Waals surface area contributed by atoms with E-state index in [-0.39, 0.29) is 0 Å². The van der Waals surface area contributed by atoms with Gasteiger partial charge in [-0.25, -0.2) is 0 Å². The number of amides is 1. The van der Waals surface area contributed by atoms with Crippen LogP contribution in [0.1, 0.15) is 36.2 Å². The molecule has 1 aromatic rings. The van der Waals surface area contributed by atoms with Crippen LogP contribution in [-0.2, 0) is 6.54 Å². The Hall–Kier alpha value is -1.55. The van der Waals surface area contributed by atoms with Crippen LogP contribution < -0.4 is 11.5 Å². The summed E-state index contributed by atoms with van der Waals surface area (Å²) in [5, 5.41) is 0. The molecule has 4 heteroatoms. The van der Waals surface area contributed by atoms with Crippen LogP contribution in [0.5, 0.6) is 0 Å². The molecule has 0 saturated carbocycles. The summed E-state index contributed by atoms with van der Waals surface area (Å²) in [6.07, 6.45) is 1.09. The molecule has 0 bridgehead atoms. The maximum Gasteiger partial charge on any atom is 0.248 e. The van der Waals surface area contributed by atoms with E-state index in [1.165, 1.54) is 0 Å². The molecule has 0 radical (unpaired) electrons. The van der Waals surface area contributed by atoms with E-state index >= 15 is 0 Å². The number of hydrogen-bond acceptors (Lipinski definition) is 3. The van der Waals surface area contributed by atoms with E-state index in [1.807, 2.05) is 6.07 Å². The summed E-state index contributed by atoms with van der Waals surface area (Å²) in [4.78, 5) is 13.2. The van der Waals surface area contributed by atoms with Gasteiger partial charge in [0.25, 0.3) is 0 Å². The summed E-state index contributed by atoms with van der Waals surface area (Å²) in [5.74, 6) is -0.446. The molecule has 4 nitrogen and oxygen atoms in total. The summed E-state index contributed by atoms with van der Waals surface area (Å²) in [6, 6.07) is 5.74. The molecule has 0 aliphatic heterocycles. The Balaban J connectivity index is 2.82. The molecule has 1 aromatic carbocycles. The van der Waals surface area contributed by atoms with Crippen molar-refractivity contribution in [1.82, 2.24) is 4.90 Å². The largest absolute Gasteiger partial charge is 0.398 e. The monoisotopic (exact) mass is 235 g/mol. The van der Waals surface area contributed by atoms with Crippen LogP contribution in [0.4, 0.5) is 5.69 Å². The van der Waals surface area contributed by atoms with E-state index in [0.29, 0.717) is 17.3 Å². The van der Waals surface area contributed by atoms with Gasteiger partial charge in [-0.3, -0.25) is 9.69 Å². The number of anilines is 1. The van der Waals surface area contributed by atoms with Gasteiger partial charge in [-0.1, -0.05) is 13.0 Å². The normalized spacial score (nSPS) is 12.7. The van der Waals surface area contributed by atoms with E-state index in [4.69, 9.17) is 11.5 Å². The first kappa shape index (κ1) is 13.5. The maximum absolute atomic E-state index is 11.0. The Labute approximate surface area is 103 Å². The van der Waals surface area contributed by atoms with Gasteiger partial charge >= 0.3 is 0 Å². The van der Waals surface area contributed by atoms with Crippen LogP contribution in [0.25, 0.3) is 0 Å². The molecule has 0 aromatic heterocycles. The third kappa shape index (κ3) is 3.46. The van der Waals surface area contributed by atoms with Crippen LogP contribution in [0, 0.1) is 0 Å². The van der Waals surface area contributed by atoms with Crippen molar-refractivity contribution in [2.45, 2.75) is 32.9 Å². The zero-order valence-electron chi connectivity index (χ0n) is 10.7. The highest BCUT2D eigenvalue weighted by molar-refractivity contribution is 5.93. The number of nitrogens with zero attached hydrogens (tertiary/aromatic N) is 1. The number of benzene rings is 1. The Bertz CT molecular complexity index is 404. The van der Waals surface area contributed by atoms with Crippen LogP contribution in [0.3, 0.4) is 0 Å². The number of hydrogen-bond donors (Lipinski definition) is 2. The van der Waals surface area contributed by atoms with Crippen molar-refractivity contribution < 1.29 is 4.79 Å². The molecular formula is C13H21N3O. The SMILES string of the molecule is CCC(C)N(C)Cc1ccc(C(N)=O)cc1N. The lowest BCUT2D eigenvalue weighted by Crippen LogP contribution is -2.28. The molecule has 0 spiro atoms. The Morgan fingerprint density at radius 3 is 2.59 bits per heavy atom. The predicted octanol–water partition coefficient (Wildman–Crippen LogP) is 1.60. The Kier molecular flexibility index (Phi) is 4.52. The van der Waals surface area contributed by atoms with Gasteiger partial charge in [-0.15, -0.1) is 0 Å². The van der Waals surface area contributed by atoms with Gasteiger partial charge in [0.05, 0.1) is 0 Å². The van der Waals surface area contributed by atoms with E-state index in [0.717, 1.165) is 18.5 Å². The van der Waals surface area contributed by atoms with Gasteiger partial charge < -0.3 is 11.5 Å². The molecule has 1 unspecified atom stereocenters. The minimum atomic E-state index is -0.446. The minimum Gasteiger partial charge on any atom is -0.398 e. The lowest BCUT2D eigenvalue weighted by molar-refractivity contribution is 0.100. The van der Waals surface area contributed by atoms with E-state index < -0.39 is 5.91 Å². The van der Waals surface area contributed by atoms with Crippen LogP contribution in [0.2, 0.25) is 0 Å². The first-order chi connectivity index (χ1) is 7.95. The number of rotatable bonds is 5. The van der Waals surface area contributed by atoms with Crippen molar-refractivity contribution in [3.63, 3.8) is 0 Å². The van der Waals surface area contributed by atoms with Gasteiger partial charge in [0.15, 0.2) is 0 Å². The first-order valence-electron chi connectivity index (χ1n) is 5.84. The molecule has 4 N–H and O–H groups in total. The van der Waals surface area contributed by atoms with Gasteiger partial charge in [-0.05, 0) is 38.1 Å². The van der Waals surface area contributed by atoms with E-state index in [2.05, 4.69) is 25.8 Å². The van der Waals surface area contributed by atoms with Crippen molar-refractivity contribution in [3.05, 3.63) is 29.3 Å². The highest BCUT2D eigenvalue weighted by Gasteiger charge is 2.10. The molecule has 17 heavy (non-hydrogen) atoms. The van der Waals surface area contributed by atoms with E-state index in [1.54, 1.807) is 12.1 Å². The number of primary amides is 1. The molecule has 0 heterocycles. The highest BCUT2D eigenvalue weighted by Crippen LogP contribution is 2.17. The minimum absolute atomic E-state index is 0.446. The quantitative estimate of drug-likeness (QED) is 0.761. The highest BCUT2D eigenvalue weighted by atomic mass is 16.1. The second-order valence-electron chi connectivity index (χ2n) is 4.45. The third-order valence-corrected chi connectivity index (χ3v) is 3.19. The zero-order valence-corrected chi connectivity index (χ0v) is 10.7. The standard InChI is InChI=1S/C13H21N3O/c1-4-9(2)16(3)8-11-6-5-10(13(15)17)7-12(11)14/h5-7,9H,4,8,14H2,1-3H3,(H2,15,17). The van der Waals surface area contributed by atoms with Crippen molar-refractivity contribution in [1.29, 1.82) is 0 Å². The topological polar surface area (TPSA) is 72.3 Å². The zero-order chi connectivity index (χ0) is 13.0. The predicted molar refractivity (Wildman–Crippen MR) is 70.6 cm³/mol. The van der Waals surface area contributed by atoms with Crippen LogP contribution in [-0.4, -0.2) is 23.9 Å². The van der Waals surface area contributed by atoms with Crippen molar-refractivity contribution >= 4 is 11.6 Å². The van der Waals surface area contributed by atoms with Crippen LogP contribution >= 0.6 is 0 Å². The summed E-state index contributed by atoms with van der Waals surface area (Å²) in [5.41, 5.74) is 13.2. The van der Waals surface area contributed by atoms with Gasteiger partial charge in [0.2, 0.25) is 5.91 Å². The summed E-state index contributed by atoms with van der Waals surface area (Å²) < 4.78 is 0. The van der Waals surface area contributed by atoms with Gasteiger partial charge in [-0.2, -0.15) is 0 Å². The molecule has 0 fully saturated rings. The number of nitrogen functional groups attached to an aromatic ring is 1. The molecule has 1 atom stereocenters. The molecule has 0 aliphatic carbocycles. The van der Waals surface area contributed by atoms with Crippen molar-refractivity contribution in [2.75, 3.05) is 12.8 Å². The fourth-order valence-electron chi connectivity index (χ4n) is 1.63. The van der Waals surface area contributed by atoms with Gasteiger partial charge in [0, 0.05) is 23.8 Å².